The highest BCUT2D eigenvalue weighted by atomic mass is 16.5. The molecule has 2 atom stereocenters. The normalized spacial score (nSPS) is 32.3. The first-order valence-corrected chi connectivity index (χ1v) is 11.8. The highest BCUT2D eigenvalue weighted by molar-refractivity contribution is 4.73. The van der Waals surface area contributed by atoms with E-state index in [1.165, 1.54) is 77.0 Å². The van der Waals surface area contributed by atoms with Crippen molar-refractivity contribution in [2.75, 3.05) is 13.2 Å². The summed E-state index contributed by atoms with van der Waals surface area (Å²) < 4.78 is 12.2. The third-order valence-corrected chi connectivity index (χ3v) is 7.56. The van der Waals surface area contributed by atoms with E-state index in [1.54, 1.807) is 0 Å². The highest BCUT2D eigenvalue weighted by Gasteiger charge is 2.22. The zero-order chi connectivity index (χ0) is 18.8. The maximum atomic E-state index is 6.11. The highest BCUT2D eigenvalue weighted by Crippen LogP contribution is 2.33. The third-order valence-electron chi connectivity index (χ3n) is 7.56. The molecule has 0 spiro atoms. The Morgan fingerprint density at radius 2 is 0.885 bits per heavy atom. The van der Waals surface area contributed by atoms with Crippen molar-refractivity contribution in [3.63, 3.8) is 0 Å². The summed E-state index contributed by atoms with van der Waals surface area (Å²) in [6.07, 6.45) is 17.1. The van der Waals surface area contributed by atoms with Crippen molar-refractivity contribution in [3.05, 3.63) is 0 Å². The first kappa shape index (κ1) is 22.2. The maximum absolute atomic E-state index is 6.11. The van der Waals surface area contributed by atoms with Crippen LogP contribution in [0.15, 0.2) is 0 Å². The van der Waals surface area contributed by atoms with Gasteiger partial charge < -0.3 is 9.47 Å². The van der Waals surface area contributed by atoms with Crippen molar-refractivity contribution >= 4 is 0 Å². The van der Waals surface area contributed by atoms with E-state index in [2.05, 4.69) is 27.7 Å². The van der Waals surface area contributed by atoms with Crippen LogP contribution >= 0.6 is 0 Å². The first-order chi connectivity index (χ1) is 12.6. The monoisotopic (exact) mass is 366 g/mol. The van der Waals surface area contributed by atoms with E-state index in [-0.39, 0.29) is 12.2 Å². The molecular weight excluding hydrogens is 320 g/mol. The average molecular weight is 367 g/mol. The molecule has 2 rings (SSSR count). The van der Waals surface area contributed by atoms with Crippen molar-refractivity contribution in [1.82, 2.24) is 0 Å². The Morgan fingerprint density at radius 1 is 0.577 bits per heavy atom. The number of ether oxygens (including phenoxy) is 2. The molecule has 0 aromatic heterocycles. The van der Waals surface area contributed by atoms with Gasteiger partial charge in [-0.15, -0.1) is 0 Å². The number of rotatable bonds is 11. The lowest BCUT2D eigenvalue weighted by Crippen LogP contribution is -2.28. The number of hydrogen-bond donors (Lipinski definition) is 0. The summed E-state index contributed by atoms with van der Waals surface area (Å²) in [6, 6.07) is 0. The van der Waals surface area contributed by atoms with Crippen LogP contribution in [0.4, 0.5) is 0 Å². The predicted octanol–water partition coefficient (Wildman–Crippen LogP) is 7.01. The molecule has 154 valence electrons. The van der Waals surface area contributed by atoms with E-state index in [1.807, 2.05) is 0 Å². The maximum Gasteiger partial charge on any atom is 0.0805 e. The zero-order valence-corrected chi connectivity index (χ0v) is 18.2. The molecule has 2 saturated carbocycles. The summed E-state index contributed by atoms with van der Waals surface area (Å²) in [4.78, 5) is 0. The fourth-order valence-corrected chi connectivity index (χ4v) is 4.97. The van der Waals surface area contributed by atoms with Crippen molar-refractivity contribution in [1.29, 1.82) is 0 Å². The van der Waals surface area contributed by atoms with Crippen LogP contribution in [0.1, 0.15) is 105 Å². The second-order valence-corrected chi connectivity index (χ2v) is 9.32. The lowest BCUT2D eigenvalue weighted by Gasteiger charge is -2.29. The molecule has 0 aromatic rings. The minimum absolute atomic E-state index is 0.220. The van der Waals surface area contributed by atoms with E-state index in [4.69, 9.17) is 9.47 Å². The summed E-state index contributed by atoms with van der Waals surface area (Å²) in [7, 11) is 0. The minimum atomic E-state index is 0.220. The summed E-state index contributed by atoms with van der Waals surface area (Å²) in [5.74, 6) is 3.80. The van der Waals surface area contributed by atoms with Crippen LogP contribution in [0.3, 0.4) is 0 Å². The molecule has 0 bridgehead atoms. The van der Waals surface area contributed by atoms with E-state index in [0.717, 1.165) is 36.9 Å². The van der Waals surface area contributed by atoms with Crippen LogP contribution in [-0.2, 0) is 9.47 Å². The molecule has 2 aliphatic carbocycles. The quantitative estimate of drug-likeness (QED) is 0.391. The standard InChI is InChI=1S/C24H46O2/c1-5-21-7-11-23(12-8-21)15-17-25-19(3)20(4)26-18-16-24-13-9-22(6-2)10-14-24/h19-24H,5-18H2,1-4H3/t19?,20?,21-,22?,23-,24?. The van der Waals surface area contributed by atoms with Gasteiger partial charge in [-0.25, -0.2) is 0 Å². The minimum Gasteiger partial charge on any atom is -0.376 e. The van der Waals surface area contributed by atoms with E-state index >= 15 is 0 Å². The first-order valence-electron chi connectivity index (χ1n) is 11.8. The Balaban J connectivity index is 1.49. The lowest BCUT2D eigenvalue weighted by molar-refractivity contribution is -0.0631. The van der Waals surface area contributed by atoms with Gasteiger partial charge in [0.2, 0.25) is 0 Å². The zero-order valence-electron chi connectivity index (χ0n) is 18.2. The molecule has 0 saturated heterocycles. The Hall–Kier alpha value is -0.0800. The topological polar surface area (TPSA) is 18.5 Å². The molecule has 26 heavy (non-hydrogen) atoms. The van der Waals surface area contributed by atoms with E-state index < -0.39 is 0 Å². The van der Waals surface area contributed by atoms with Crippen LogP contribution in [0.25, 0.3) is 0 Å². The second-order valence-electron chi connectivity index (χ2n) is 9.32. The van der Waals surface area contributed by atoms with Crippen LogP contribution in [0.5, 0.6) is 0 Å². The second kappa shape index (κ2) is 12.4. The summed E-state index contributed by atoms with van der Waals surface area (Å²) >= 11 is 0. The van der Waals surface area contributed by atoms with Crippen molar-refractivity contribution < 1.29 is 9.47 Å². The molecule has 2 aliphatic rings. The summed E-state index contributed by atoms with van der Waals surface area (Å²) in [5, 5.41) is 0. The summed E-state index contributed by atoms with van der Waals surface area (Å²) in [5.41, 5.74) is 0. The van der Waals surface area contributed by atoms with Gasteiger partial charge in [-0.3, -0.25) is 0 Å². The summed E-state index contributed by atoms with van der Waals surface area (Å²) in [6.45, 7) is 10.9. The molecule has 0 N–H and O–H groups in total. The van der Waals surface area contributed by atoms with Gasteiger partial charge in [0.15, 0.2) is 0 Å². The third kappa shape index (κ3) is 7.89. The van der Waals surface area contributed by atoms with Crippen LogP contribution in [0, 0.1) is 23.7 Å². The molecule has 0 amide bonds. The Bertz CT molecular complexity index is 306. The molecule has 0 aromatic carbocycles. The molecule has 0 heterocycles. The van der Waals surface area contributed by atoms with Gasteiger partial charge >= 0.3 is 0 Å². The predicted molar refractivity (Wildman–Crippen MR) is 112 cm³/mol. The smallest absolute Gasteiger partial charge is 0.0805 e. The van der Waals surface area contributed by atoms with E-state index in [0.29, 0.717) is 0 Å². The molecule has 2 unspecified atom stereocenters. The van der Waals surface area contributed by atoms with Gasteiger partial charge in [-0.2, -0.15) is 0 Å². The van der Waals surface area contributed by atoms with Gasteiger partial charge in [0.1, 0.15) is 0 Å². The molecule has 2 heteroatoms. The van der Waals surface area contributed by atoms with Crippen LogP contribution in [-0.4, -0.2) is 25.4 Å². The fraction of sp³-hybridized carbons (Fsp3) is 1.00. The number of hydrogen-bond acceptors (Lipinski definition) is 2. The van der Waals surface area contributed by atoms with Gasteiger partial charge in [-0.1, -0.05) is 78.1 Å². The SMILES string of the molecule is CCC1CCC(CCOC(C)C(C)OCC[C@H]2CC[C@H](CC)CC2)CC1. The van der Waals surface area contributed by atoms with Crippen molar-refractivity contribution in [2.45, 2.75) is 117 Å². The van der Waals surface area contributed by atoms with Gasteiger partial charge in [0.05, 0.1) is 12.2 Å². The Morgan fingerprint density at radius 3 is 1.19 bits per heavy atom. The van der Waals surface area contributed by atoms with Gasteiger partial charge in [0, 0.05) is 13.2 Å². The molecular formula is C24H46O2. The van der Waals surface area contributed by atoms with E-state index in [9.17, 15) is 0 Å². The Labute approximate surface area is 163 Å². The van der Waals surface area contributed by atoms with Crippen molar-refractivity contribution in [3.8, 4) is 0 Å². The fourth-order valence-electron chi connectivity index (χ4n) is 4.97. The molecule has 0 aliphatic heterocycles. The van der Waals surface area contributed by atoms with Crippen molar-refractivity contribution in [2.24, 2.45) is 23.7 Å². The molecule has 2 nitrogen and oxygen atoms in total. The average Bonchev–Trinajstić information content (AvgIpc) is 2.68. The Kier molecular flexibility index (Phi) is 10.6. The van der Waals surface area contributed by atoms with Gasteiger partial charge in [-0.05, 0) is 50.4 Å². The largest absolute Gasteiger partial charge is 0.376 e. The lowest BCUT2D eigenvalue weighted by atomic mass is 9.80. The van der Waals surface area contributed by atoms with Crippen LogP contribution < -0.4 is 0 Å². The van der Waals surface area contributed by atoms with Crippen LogP contribution in [0.2, 0.25) is 0 Å². The molecule has 2 fully saturated rings. The van der Waals surface area contributed by atoms with Gasteiger partial charge in [0.25, 0.3) is 0 Å². The molecule has 0 radical (unpaired) electrons.